The largest absolute Gasteiger partial charge is 0.377 e. The van der Waals surface area contributed by atoms with Crippen molar-refractivity contribution in [2.45, 2.75) is 45.4 Å². The number of rotatable bonds is 3. The van der Waals surface area contributed by atoms with Crippen molar-refractivity contribution in [3.8, 4) is 0 Å². The maximum absolute atomic E-state index is 5.58. The molecule has 0 bridgehead atoms. The van der Waals surface area contributed by atoms with Gasteiger partial charge in [0.15, 0.2) is 0 Å². The van der Waals surface area contributed by atoms with E-state index in [4.69, 9.17) is 4.74 Å². The summed E-state index contributed by atoms with van der Waals surface area (Å²) in [5.74, 6) is 0. The van der Waals surface area contributed by atoms with Crippen LogP contribution >= 0.6 is 11.3 Å². The van der Waals surface area contributed by atoms with E-state index in [1.807, 2.05) is 6.92 Å². The Bertz CT molecular complexity index is 339. The predicted molar refractivity (Wildman–Crippen MR) is 62.1 cm³/mol. The van der Waals surface area contributed by atoms with Crippen molar-refractivity contribution >= 4 is 11.3 Å². The first-order valence-electron chi connectivity index (χ1n) is 5.38. The van der Waals surface area contributed by atoms with Crippen molar-refractivity contribution in [2.75, 3.05) is 6.61 Å². The Morgan fingerprint density at radius 2 is 2.53 bits per heavy atom. The van der Waals surface area contributed by atoms with E-state index in [9.17, 15) is 0 Å². The number of nitrogens with zero attached hydrogens (tertiary/aromatic N) is 1. The van der Waals surface area contributed by atoms with Crippen molar-refractivity contribution in [3.63, 3.8) is 0 Å². The van der Waals surface area contributed by atoms with Crippen molar-refractivity contribution in [1.82, 2.24) is 10.3 Å². The van der Waals surface area contributed by atoms with E-state index in [0.717, 1.165) is 30.3 Å². The number of ether oxygens (including phenoxy) is 1. The van der Waals surface area contributed by atoms with Crippen LogP contribution in [0.4, 0.5) is 0 Å². The summed E-state index contributed by atoms with van der Waals surface area (Å²) in [6.07, 6.45) is 1.37. The van der Waals surface area contributed by atoms with Crippen molar-refractivity contribution in [1.29, 1.82) is 0 Å². The molecule has 2 rings (SSSR count). The van der Waals surface area contributed by atoms with Crippen molar-refractivity contribution in [2.24, 2.45) is 0 Å². The van der Waals surface area contributed by atoms with Crippen LogP contribution in [0.2, 0.25) is 0 Å². The lowest BCUT2D eigenvalue weighted by atomic mass is 9.95. The zero-order valence-corrected chi connectivity index (χ0v) is 10.4. The number of aromatic nitrogens is 1. The fourth-order valence-electron chi connectivity index (χ4n) is 1.83. The van der Waals surface area contributed by atoms with Gasteiger partial charge in [-0.25, -0.2) is 4.98 Å². The lowest BCUT2D eigenvalue weighted by Crippen LogP contribution is -2.47. The van der Waals surface area contributed by atoms with Gasteiger partial charge in [0.1, 0.15) is 5.01 Å². The standard InChI is InChI=1S/C11H18N2OS/c1-8-7-15-10(13-8)6-12-11(3)4-5-14-9(11)2/h7,9,12H,4-6H2,1-3H3. The van der Waals surface area contributed by atoms with E-state index in [2.05, 4.69) is 29.5 Å². The highest BCUT2D eigenvalue weighted by Crippen LogP contribution is 2.25. The average molecular weight is 226 g/mol. The van der Waals surface area contributed by atoms with E-state index in [1.54, 1.807) is 11.3 Å². The molecule has 84 valence electrons. The zero-order chi connectivity index (χ0) is 10.9. The second-order valence-electron chi connectivity index (χ2n) is 4.42. The van der Waals surface area contributed by atoms with Gasteiger partial charge in [-0.1, -0.05) is 0 Å². The summed E-state index contributed by atoms with van der Waals surface area (Å²) in [6.45, 7) is 8.10. The first-order chi connectivity index (χ1) is 7.10. The molecule has 1 aliphatic rings. The molecule has 2 atom stereocenters. The Morgan fingerprint density at radius 1 is 1.73 bits per heavy atom. The minimum absolute atomic E-state index is 0.111. The molecule has 1 aliphatic heterocycles. The van der Waals surface area contributed by atoms with E-state index >= 15 is 0 Å². The fourth-order valence-corrected chi connectivity index (χ4v) is 2.54. The molecular weight excluding hydrogens is 208 g/mol. The van der Waals surface area contributed by atoms with E-state index < -0.39 is 0 Å². The minimum atomic E-state index is 0.111. The molecule has 0 aliphatic carbocycles. The van der Waals surface area contributed by atoms with Crippen LogP contribution in [0.3, 0.4) is 0 Å². The van der Waals surface area contributed by atoms with Crippen molar-refractivity contribution in [3.05, 3.63) is 16.1 Å². The molecular formula is C11H18N2OS. The van der Waals surface area contributed by atoms with Crippen LogP contribution in [0, 0.1) is 6.92 Å². The van der Waals surface area contributed by atoms with Gasteiger partial charge in [0, 0.05) is 29.8 Å². The number of hydrogen-bond acceptors (Lipinski definition) is 4. The lowest BCUT2D eigenvalue weighted by molar-refractivity contribution is 0.0881. The summed E-state index contributed by atoms with van der Waals surface area (Å²) in [4.78, 5) is 4.44. The molecule has 2 unspecified atom stereocenters. The molecule has 0 radical (unpaired) electrons. The summed E-state index contributed by atoms with van der Waals surface area (Å²) < 4.78 is 5.58. The first kappa shape index (κ1) is 11.0. The van der Waals surface area contributed by atoms with Gasteiger partial charge in [-0.15, -0.1) is 11.3 Å². The van der Waals surface area contributed by atoms with E-state index in [0.29, 0.717) is 6.10 Å². The zero-order valence-electron chi connectivity index (χ0n) is 9.54. The molecule has 2 heterocycles. The van der Waals surface area contributed by atoms with Gasteiger partial charge in [0.2, 0.25) is 0 Å². The SMILES string of the molecule is Cc1csc(CNC2(C)CCOC2C)n1. The lowest BCUT2D eigenvalue weighted by Gasteiger charge is -2.28. The molecule has 0 amide bonds. The van der Waals surface area contributed by atoms with Gasteiger partial charge in [-0.2, -0.15) is 0 Å². The van der Waals surface area contributed by atoms with Crippen LogP contribution in [0.1, 0.15) is 31.0 Å². The highest BCUT2D eigenvalue weighted by molar-refractivity contribution is 7.09. The molecule has 0 saturated carbocycles. The number of aryl methyl sites for hydroxylation is 1. The number of thiazole rings is 1. The summed E-state index contributed by atoms with van der Waals surface area (Å²) in [7, 11) is 0. The van der Waals surface area contributed by atoms with E-state index in [-0.39, 0.29) is 5.54 Å². The third-order valence-corrected chi connectivity index (χ3v) is 4.16. The summed E-state index contributed by atoms with van der Waals surface area (Å²) in [5, 5.41) is 6.81. The molecule has 1 saturated heterocycles. The maximum Gasteiger partial charge on any atom is 0.107 e. The quantitative estimate of drug-likeness (QED) is 0.857. The van der Waals surface area contributed by atoms with Gasteiger partial charge < -0.3 is 10.1 Å². The van der Waals surface area contributed by atoms with Gasteiger partial charge in [0.25, 0.3) is 0 Å². The summed E-state index contributed by atoms with van der Waals surface area (Å²) in [5.41, 5.74) is 1.22. The van der Waals surface area contributed by atoms with Crippen LogP contribution in [0.5, 0.6) is 0 Å². The molecule has 1 aromatic heterocycles. The number of hydrogen-bond donors (Lipinski definition) is 1. The molecule has 0 spiro atoms. The van der Waals surface area contributed by atoms with Gasteiger partial charge in [-0.3, -0.25) is 0 Å². The Morgan fingerprint density at radius 3 is 3.07 bits per heavy atom. The van der Waals surface area contributed by atoms with Gasteiger partial charge in [-0.05, 0) is 27.2 Å². The fraction of sp³-hybridized carbons (Fsp3) is 0.727. The Balaban J connectivity index is 1.92. The highest BCUT2D eigenvalue weighted by Gasteiger charge is 2.36. The highest BCUT2D eigenvalue weighted by atomic mass is 32.1. The molecule has 1 aromatic rings. The second-order valence-corrected chi connectivity index (χ2v) is 5.36. The third kappa shape index (κ3) is 2.38. The predicted octanol–water partition coefficient (Wildman–Crippen LogP) is 2.11. The Hall–Kier alpha value is -0.450. The number of nitrogens with one attached hydrogen (secondary N) is 1. The smallest absolute Gasteiger partial charge is 0.107 e. The normalized spacial score (nSPS) is 31.0. The maximum atomic E-state index is 5.58. The minimum Gasteiger partial charge on any atom is -0.377 e. The van der Waals surface area contributed by atoms with Crippen LogP contribution in [-0.2, 0) is 11.3 Å². The molecule has 1 N–H and O–H groups in total. The second kappa shape index (κ2) is 4.20. The topological polar surface area (TPSA) is 34.1 Å². The molecule has 15 heavy (non-hydrogen) atoms. The van der Waals surface area contributed by atoms with Crippen LogP contribution < -0.4 is 5.32 Å². The Kier molecular flexibility index (Phi) is 3.09. The molecule has 1 fully saturated rings. The van der Waals surface area contributed by atoms with Crippen molar-refractivity contribution < 1.29 is 4.74 Å². The molecule has 4 heteroatoms. The van der Waals surface area contributed by atoms with Gasteiger partial charge >= 0.3 is 0 Å². The van der Waals surface area contributed by atoms with Crippen LogP contribution in [-0.4, -0.2) is 23.2 Å². The third-order valence-electron chi connectivity index (χ3n) is 3.20. The molecule has 0 aromatic carbocycles. The van der Waals surface area contributed by atoms with Crippen LogP contribution in [0.25, 0.3) is 0 Å². The molecule has 3 nitrogen and oxygen atoms in total. The monoisotopic (exact) mass is 226 g/mol. The average Bonchev–Trinajstić information content (AvgIpc) is 2.73. The summed E-state index contributed by atoms with van der Waals surface area (Å²) in [6, 6.07) is 0. The first-order valence-corrected chi connectivity index (χ1v) is 6.26. The summed E-state index contributed by atoms with van der Waals surface area (Å²) >= 11 is 1.72. The van der Waals surface area contributed by atoms with Gasteiger partial charge in [0.05, 0.1) is 6.10 Å². The van der Waals surface area contributed by atoms with E-state index in [1.165, 1.54) is 0 Å². The Labute approximate surface area is 94.9 Å². The van der Waals surface area contributed by atoms with Crippen LogP contribution in [0.15, 0.2) is 5.38 Å².